The molecular formula is C17H23NO5. The summed E-state index contributed by atoms with van der Waals surface area (Å²) >= 11 is 0. The van der Waals surface area contributed by atoms with E-state index in [0.717, 1.165) is 25.4 Å². The minimum absolute atomic E-state index is 0.558. The van der Waals surface area contributed by atoms with Gasteiger partial charge in [-0.1, -0.05) is 19.1 Å². The molecule has 0 radical (unpaired) electrons. The van der Waals surface area contributed by atoms with Crippen LogP contribution in [-0.4, -0.2) is 41.8 Å². The van der Waals surface area contributed by atoms with E-state index in [1.807, 2.05) is 0 Å². The molecule has 2 rings (SSSR count). The first-order valence-corrected chi connectivity index (χ1v) is 7.62. The van der Waals surface area contributed by atoms with E-state index in [1.165, 1.54) is 30.4 Å². The van der Waals surface area contributed by atoms with Crippen molar-refractivity contribution >= 4 is 11.9 Å². The summed E-state index contributed by atoms with van der Waals surface area (Å²) in [4.78, 5) is 19.1. The lowest BCUT2D eigenvalue weighted by molar-refractivity contribution is -0.134. The van der Waals surface area contributed by atoms with Crippen molar-refractivity contribution in [1.82, 2.24) is 5.32 Å². The van der Waals surface area contributed by atoms with Gasteiger partial charge in [0.05, 0.1) is 0 Å². The Balaban J connectivity index is 0.000000284. The number of carboxylic acids is 2. The topological polar surface area (TPSA) is 95.9 Å². The highest BCUT2D eigenvalue weighted by Crippen LogP contribution is 2.30. The van der Waals surface area contributed by atoms with Crippen LogP contribution in [-0.2, 0) is 22.4 Å². The summed E-state index contributed by atoms with van der Waals surface area (Å²) in [6, 6.07) is 6.42. The minimum Gasteiger partial charge on any atom is -0.492 e. The Hall–Kier alpha value is -2.34. The Morgan fingerprint density at radius 2 is 1.91 bits per heavy atom. The molecule has 3 N–H and O–H groups in total. The third-order valence-corrected chi connectivity index (χ3v) is 3.26. The number of rotatable bonds is 7. The van der Waals surface area contributed by atoms with Crippen LogP contribution in [0, 0.1) is 0 Å². The number of fused-ring (bicyclic) bond motifs is 1. The number of aryl methyl sites for hydroxylation is 1. The van der Waals surface area contributed by atoms with E-state index in [0.29, 0.717) is 12.2 Å². The van der Waals surface area contributed by atoms with Crippen LogP contribution in [0.5, 0.6) is 5.75 Å². The zero-order valence-corrected chi connectivity index (χ0v) is 13.2. The number of ether oxygens (including phenoxy) is 1. The molecule has 0 spiro atoms. The highest BCUT2D eigenvalue weighted by molar-refractivity contribution is 5.89. The maximum absolute atomic E-state index is 9.55. The van der Waals surface area contributed by atoms with Crippen LogP contribution in [0.1, 0.15) is 24.5 Å². The van der Waals surface area contributed by atoms with Crippen LogP contribution in [0.15, 0.2) is 30.4 Å². The molecule has 0 unspecified atom stereocenters. The van der Waals surface area contributed by atoms with E-state index >= 15 is 0 Å². The maximum Gasteiger partial charge on any atom is 0.328 e. The number of carbonyl (C=O) groups is 2. The predicted molar refractivity (Wildman–Crippen MR) is 86.9 cm³/mol. The molecule has 0 saturated carbocycles. The van der Waals surface area contributed by atoms with Gasteiger partial charge in [0, 0.05) is 18.7 Å². The van der Waals surface area contributed by atoms with Gasteiger partial charge in [0.1, 0.15) is 12.4 Å². The SMILES string of the molecule is CCNCCOc1cccc2c1CCC2.O=C(O)/C=C\C(=O)O. The minimum atomic E-state index is -1.26. The lowest BCUT2D eigenvalue weighted by atomic mass is 10.1. The highest BCUT2D eigenvalue weighted by atomic mass is 16.5. The normalized spacial score (nSPS) is 12.4. The van der Waals surface area contributed by atoms with E-state index in [2.05, 4.69) is 30.4 Å². The van der Waals surface area contributed by atoms with E-state index in [9.17, 15) is 9.59 Å². The van der Waals surface area contributed by atoms with Crippen molar-refractivity contribution in [1.29, 1.82) is 0 Å². The molecule has 0 fully saturated rings. The Morgan fingerprint density at radius 1 is 1.22 bits per heavy atom. The Bertz CT molecular complexity index is 538. The van der Waals surface area contributed by atoms with Crippen molar-refractivity contribution in [2.45, 2.75) is 26.2 Å². The summed E-state index contributed by atoms with van der Waals surface area (Å²) in [6.45, 7) is 4.82. The van der Waals surface area contributed by atoms with Crippen LogP contribution >= 0.6 is 0 Å². The first-order valence-electron chi connectivity index (χ1n) is 7.62. The second kappa shape index (κ2) is 10.4. The fraction of sp³-hybridized carbons (Fsp3) is 0.412. The van der Waals surface area contributed by atoms with Crippen LogP contribution in [0.25, 0.3) is 0 Å². The van der Waals surface area contributed by atoms with Gasteiger partial charge in [0.15, 0.2) is 0 Å². The van der Waals surface area contributed by atoms with Gasteiger partial charge in [0.25, 0.3) is 0 Å². The van der Waals surface area contributed by atoms with Gasteiger partial charge in [-0.3, -0.25) is 0 Å². The molecule has 6 heteroatoms. The van der Waals surface area contributed by atoms with Crippen LogP contribution in [0.3, 0.4) is 0 Å². The molecule has 1 aliphatic rings. The number of hydrogen-bond donors (Lipinski definition) is 3. The molecule has 23 heavy (non-hydrogen) atoms. The third-order valence-electron chi connectivity index (χ3n) is 3.26. The van der Waals surface area contributed by atoms with Gasteiger partial charge >= 0.3 is 11.9 Å². The first kappa shape index (κ1) is 18.7. The van der Waals surface area contributed by atoms with Gasteiger partial charge < -0.3 is 20.3 Å². The summed E-state index contributed by atoms with van der Waals surface area (Å²) < 4.78 is 5.79. The number of benzene rings is 1. The summed E-state index contributed by atoms with van der Waals surface area (Å²) in [7, 11) is 0. The standard InChI is InChI=1S/C13H19NO.C4H4O4/c1-2-14-9-10-15-13-8-4-6-11-5-3-7-12(11)13;5-3(6)1-2-4(7)8/h4,6,8,14H,2-3,5,7,9-10H2,1H3;1-2H,(H,5,6)(H,7,8)/b;2-1-. The molecule has 0 aliphatic heterocycles. The molecule has 0 amide bonds. The molecule has 0 atom stereocenters. The van der Waals surface area contributed by atoms with Crippen LogP contribution < -0.4 is 10.1 Å². The molecule has 0 heterocycles. The molecule has 0 bridgehead atoms. The monoisotopic (exact) mass is 321 g/mol. The number of carboxylic acid groups (broad SMARTS) is 2. The summed E-state index contributed by atoms with van der Waals surface area (Å²) in [5.74, 6) is -1.41. The highest BCUT2D eigenvalue weighted by Gasteiger charge is 2.14. The maximum atomic E-state index is 9.55. The summed E-state index contributed by atoms with van der Waals surface area (Å²) in [6.07, 6.45) is 4.81. The molecule has 1 aromatic carbocycles. The second-order valence-electron chi connectivity index (χ2n) is 4.96. The van der Waals surface area contributed by atoms with Gasteiger partial charge in [0.2, 0.25) is 0 Å². The largest absolute Gasteiger partial charge is 0.492 e. The molecular weight excluding hydrogens is 298 g/mol. The fourth-order valence-electron chi connectivity index (χ4n) is 2.27. The lowest BCUT2D eigenvalue weighted by Gasteiger charge is -2.10. The average Bonchev–Trinajstić information content (AvgIpc) is 2.99. The smallest absolute Gasteiger partial charge is 0.328 e. The first-order chi connectivity index (χ1) is 11.0. The Morgan fingerprint density at radius 3 is 2.52 bits per heavy atom. The van der Waals surface area contributed by atoms with Crippen molar-refractivity contribution < 1.29 is 24.5 Å². The Kier molecular flexibility index (Phi) is 8.46. The zero-order valence-electron chi connectivity index (χ0n) is 13.2. The molecule has 0 saturated heterocycles. The van der Waals surface area contributed by atoms with Crippen molar-refractivity contribution in [3.05, 3.63) is 41.5 Å². The molecule has 126 valence electrons. The summed E-state index contributed by atoms with van der Waals surface area (Å²) in [5.41, 5.74) is 2.92. The third kappa shape index (κ3) is 7.46. The van der Waals surface area contributed by atoms with E-state index in [1.54, 1.807) is 0 Å². The second-order valence-corrected chi connectivity index (χ2v) is 4.96. The summed E-state index contributed by atoms with van der Waals surface area (Å²) in [5, 5.41) is 18.9. The van der Waals surface area contributed by atoms with Crippen LogP contribution in [0.4, 0.5) is 0 Å². The number of aliphatic carboxylic acids is 2. The van der Waals surface area contributed by atoms with Gasteiger partial charge in [-0.25, -0.2) is 9.59 Å². The molecule has 0 aromatic heterocycles. The zero-order chi connectivity index (χ0) is 17.1. The van der Waals surface area contributed by atoms with E-state index in [-0.39, 0.29) is 0 Å². The predicted octanol–water partition coefficient (Wildman–Crippen LogP) is 1.88. The lowest BCUT2D eigenvalue weighted by Crippen LogP contribution is -2.20. The van der Waals surface area contributed by atoms with Crippen LogP contribution in [0.2, 0.25) is 0 Å². The van der Waals surface area contributed by atoms with Gasteiger partial charge in [-0.05, 0) is 43.0 Å². The van der Waals surface area contributed by atoms with Crippen molar-refractivity contribution in [3.63, 3.8) is 0 Å². The Labute approximate surface area is 135 Å². The van der Waals surface area contributed by atoms with Crippen molar-refractivity contribution in [2.24, 2.45) is 0 Å². The van der Waals surface area contributed by atoms with Crippen molar-refractivity contribution in [3.8, 4) is 5.75 Å². The fourth-order valence-corrected chi connectivity index (χ4v) is 2.27. The number of nitrogens with one attached hydrogen (secondary N) is 1. The van der Waals surface area contributed by atoms with Gasteiger partial charge in [-0.15, -0.1) is 0 Å². The number of hydrogen-bond acceptors (Lipinski definition) is 4. The van der Waals surface area contributed by atoms with E-state index < -0.39 is 11.9 Å². The molecule has 1 aromatic rings. The van der Waals surface area contributed by atoms with Crippen molar-refractivity contribution in [2.75, 3.05) is 19.7 Å². The molecule has 1 aliphatic carbocycles. The average molecular weight is 321 g/mol. The molecule has 6 nitrogen and oxygen atoms in total. The van der Waals surface area contributed by atoms with E-state index in [4.69, 9.17) is 14.9 Å². The quantitative estimate of drug-likeness (QED) is 0.524. The van der Waals surface area contributed by atoms with Gasteiger partial charge in [-0.2, -0.15) is 0 Å². The number of likely N-dealkylation sites (N-methyl/N-ethyl adjacent to an activating group) is 1.